The first-order valence-corrected chi connectivity index (χ1v) is 12.5. The van der Waals surface area contributed by atoms with E-state index >= 15 is 0 Å². The zero-order valence-corrected chi connectivity index (χ0v) is 20.4. The summed E-state index contributed by atoms with van der Waals surface area (Å²) in [6, 6.07) is 13.8. The van der Waals surface area contributed by atoms with E-state index in [1.165, 1.54) is 5.56 Å². The average molecular weight is 462 g/mol. The van der Waals surface area contributed by atoms with Gasteiger partial charge in [-0.05, 0) is 65.8 Å². The summed E-state index contributed by atoms with van der Waals surface area (Å²) in [6.45, 7) is 10.3. The molecule has 0 radical (unpaired) electrons. The number of carbonyl (C=O) groups is 2. The van der Waals surface area contributed by atoms with E-state index in [0.717, 1.165) is 50.4 Å². The van der Waals surface area contributed by atoms with Gasteiger partial charge in [-0.15, -0.1) is 0 Å². The van der Waals surface area contributed by atoms with Gasteiger partial charge in [0.1, 0.15) is 5.69 Å². The molecule has 5 rings (SSSR count). The molecular formula is C28H35N3O3. The number of ether oxygens (including phenoxy) is 1. The van der Waals surface area contributed by atoms with Crippen LogP contribution in [-0.2, 0) is 10.2 Å². The second-order valence-corrected chi connectivity index (χ2v) is 11.1. The first kappa shape index (κ1) is 23.0. The van der Waals surface area contributed by atoms with Crippen molar-refractivity contribution in [3.8, 4) is 0 Å². The molecule has 2 amide bonds. The third kappa shape index (κ3) is 4.74. The lowest BCUT2D eigenvalue weighted by Gasteiger charge is -2.22. The molecule has 1 aliphatic carbocycles. The Balaban J connectivity index is 1.11. The third-order valence-corrected chi connectivity index (χ3v) is 7.80. The summed E-state index contributed by atoms with van der Waals surface area (Å²) in [5.41, 5.74) is 3.55. The number of hydrogen-bond acceptors (Lipinski definition) is 4. The lowest BCUT2D eigenvalue weighted by Crippen LogP contribution is -2.34. The fourth-order valence-corrected chi connectivity index (χ4v) is 5.51. The van der Waals surface area contributed by atoms with E-state index in [0.29, 0.717) is 35.9 Å². The number of pyridine rings is 1. The molecule has 6 nitrogen and oxygen atoms in total. The maximum absolute atomic E-state index is 12.9. The van der Waals surface area contributed by atoms with Crippen LogP contribution in [0.3, 0.4) is 0 Å². The van der Waals surface area contributed by atoms with Gasteiger partial charge in [0.2, 0.25) is 0 Å². The largest absolute Gasteiger partial charge is 0.381 e. The Morgan fingerprint density at radius 2 is 1.71 bits per heavy atom. The smallest absolute Gasteiger partial charge is 0.269 e. The van der Waals surface area contributed by atoms with Crippen molar-refractivity contribution in [2.24, 2.45) is 17.8 Å². The summed E-state index contributed by atoms with van der Waals surface area (Å²) < 4.78 is 5.44. The van der Waals surface area contributed by atoms with Crippen molar-refractivity contribution in [3.63, 3.8) is 0 Å². The number of piperidine rings is 1. The molecule has 1 aromatic carbocycles. The van der Waals surface area contributed by atoms with Gasteiger partial charge < -0.3 is 15.0 Å². The van der Waals surface area contributed by atoms with Crippen LogP contribution >= 0.6 is 0 Å². The standard InChI is InChI=1S/C28H35N3O3/c1-28(2,3)20-9-7-19(8-10-20)27(33)31-16-22-21(23(22)17-31)15-29-26(32)25-6-4-5-24(30-25)18-11-13-34-14-12-18/h4-10,18,21-23H,11-17H2,1-3H3,(H,29,32). The van der Waals surface area contributed by atoms with Gasteiger partial charge in [-0.1, -0.05) is 39.0 Å². The van der Waals surface area contributed by atoms with Gasteiger partial charge in [0, 0.05) is 50.0 Å². The summed E-state index contributed by atoms with van der Waals surface area (Å²) in [4.78, 5) is 32.3. The molecule has 2 saturated heterocycles. The van der Waals surface area contributed by atoms with Gasteiger partial charge in [0.05, 0.1) is 0 Å². The van der Waals surface area contributed by atoms with Gasteiger partial charge in [0.25, 0.3) is 11.8 Å². The topological polar surface area (TPSA) is 71.5 Å². The Kier molecular flexibility index (Phi) is 6.19. The second kappa shape index (κ2) is 9.14. The Labute approximate surface area is 202 Å². The highest BCUT2D eigenvalue weighted by Crippen LogP contribution is 2.51. The first-order chi connectivity index (χ1) is 16.3. The van der Waals surface area contributed by atoms with Crippen LogP contribution in [0.15, 0.2) is 42.5 Å². The molecule has 1 N–H and O–H groups in total. The van der Waals surface area contributed by atoms with Crippen LogP contribution in [0.1, 0.15) is 71.6 Å². The monoisotopic (exact) mass is 461 g/mol. The van der Waals surface area contributed by atoms with Crippen LogP contribution in [0, 0.1) is 17.8 Å². The van der Waals surface area contributed by atoms with Crippen molar-refractivity contribution < 1.29 is 14.3 Å². The van der Waals surface area contributed by atoms with Crippen LogP contribution in [-0.4, -0.2) is 54.5 Å². The van der Waals surface area contributed by atoms with Crippen LogP contribution in [0.25, 0.3) is 0 Å². The summed E-state index contributed by atoms with van der Waals surface area (Å²) in [6.07, 6.45) is 1.92. The highest BCUT2D eigenvalue weighted by Gasteiger charge is 2.56. The minimum atomic E-state index is -0.106. The molecule has 3 fully saturated rings. The van der Waals surface area contributed by atoms with Crippen molar-refractivity contribution >= 4 is 11.8 Å². The molecule has 0 spiro atoms. The van der Waals surface area contributed by atoms with Gasteiger partial charge in [-0.2, -0.15) is 0 Å². The Morgan fingerprint density at radius 3 is 2.35 bits per heavy atom. The fourth-order valence-electron chi connectivity index (χ4n) is 5.51. The van der Waals surface area contributed by atoms with Gasteiger partial charge in [-0.3, -0.25) is 9.59 Å². The van der Waals surface area contributed by atoms with E-state index in [9.17, 15) is 9.59 Å². The molecule has 0 bridgehead atoms. The number of carbonyl (C=O) groups excluding carboxylic acids is 2. The molecule has 1 aromatic heterocycles. The van der Waals surface area contributed by atoms with Gasteiger partial charge in [0.15, 0.2) is 0 Å². The fraction of sp³-hybridized carbons (Fsp3) is 0.536. The Morgan fingerprint density at radius 1 is 1.03 bits per heavy atom. The Bertz CT molecular complexity index is 1040. The van der Waals surface area contributed by atoms with E-state index in [1.54, 1.807) is 6.07 Å². The molecule has 3 aliphatic rings. The molecule has 2 aliphatic heterocycles. The molecule has 2 aromatic rings. The molecule has 3 heterocycles. The van der Waals surface area contributed by atoms with Crippen molar-refractivity contribution in [1.82, 2.24) is 15.2 Å². The maximum atomic E-state index is 12.9. The lowest BCUT2D eigenvalue weighted by molar-refractivity contribution is 0.0764. The number of likely N-dealkylation sites (tertiary alicyclic amines) is 1. The van der Waals surface area contributed by atoms with E-state index in [2.05, 4.69) is 43.2 Å². The van der Waals surface area contributed by atoms with Crippen LogP contribution in [0.5, 0.6) is 0 Å². The SMILES string of the molecule is CC(C)(C)c1ccc(C(=O)N2CC3C(CNC(=O)c4cccc(C5CCOCC5)n4)C3C2)cc1. The highest BCUT2D eigenvalue weighted by molar-refractivity contribution is 5.94. The predicted molar refractivity (Wildman–Crippen MR) is 131 cm³/mol. The molecule has 1 saturated carbocycles. The van der Waals surface area contributed by atoms with Crippen molar-refractivity contribution in [3.05, 3.63) is 65.0 Å². The van der Waals surface area contributed by atoms with E-state index in [-0.39, 0.29) is 17.2 Å². The number of fused-ring (bicyclic) bond motifs is 1. The van der Waals surface area contributed by atoms with Crippen LogP contribution < -0.4 is 5.32 Å². The van der Waals surface area contributed by atoms with E-state index in [1.807, 2.05) is 29.2 Å². The molecule has 34 heavy (non-hydrogen) atoms. The molecule has 2 atom stereocenters. The van der Waals surface area contributed by atoms with E-state index < -0.39 is 0 Å². The normalized spacial score (nSPS) is 24.6. The summed E-state index contributed by atoms with van der Waals surface area (Å²) in [7, 11) is 0. The molecule has 2 unspecified atom stereocenters. The predicted octanol–water partition coefficient (Wildman–Crippen LogP) is 4.02. The van der Waals surface area contributed by atoms with Gasteiger partial charge in [-0.25, -0.2) is 4.98 Å². The number of nitrogens with zero attached hydrogens (tertiary/aromatic N) is 2. The lowest BCUT2D eigenvalue weighted by atomic mass is 9.86. The van der Waals surface area contributed by atoms with Crippen molar-refractivity contribution in [2.75, 3.05) is 32.8 Å². The van der Waals surface area contributed by atoms with Crippen molar-refractivity contribution in [1.29, 1.82) is 0 Å². The number of nitrogens with one attached hydrogen (secondary N) is 1. The maximum Gasteiger partial charge on any atom is 0.269 e. The summed E-state index contributed by atoms with van der Waals surface area (Å²) in [5, 5.41) is 3.09. The van der Waals surface area contributed by atoms with Crippen molar-refractivity contribution in [2.45, 2.75) is 44.9 Å². The number of hydrogen-bond donors (Lipinski definition) is 1. The van der Waals surface area contributed by atoms with E-state index in [4.69, 9.17) is 4.74 Å². The first-order valence-electron chi connectivity index (χ1n) is 12.5. The quantitative estimate of drug-likeness (QED) is 0.730. The summed E-state index contributed by atoms with van der Waals surface area (Å²) in [5.74, 6) is 1.81. The average Bonchev–Trinajstić information content (AvgIpc) is 3.30. The molecular weight excluding hydrogens is 426 g/mol. The number of amides is 2. The van der Waals surface area contributed by atoms with Crippen LogP contribution in [0.4, 0.5) is 0 Å². The minimum Gasteiger partial charge on any atom is -0.381 e. The highest BCUT2D eigenvalue weighted by atomic mass is 16.5. The number of rotatable bonds is 5. The molecule has 180 valence electrons. The minimum absolute atomic E-state index is 0.0795. The third-order valence-electron chi connectivity index (χ3n) is 7.80. The summed E-state index contributed by atoms with van der Waals surface area (Å²) >= 11 is 0. The zero-order chi connectivity index (χ0) is 23.9. The van der Waals surface area contributed by atoms with Gasteiger partial charge >= 0.3 is 0 Å². The molecule has 6 heteroatoms. The second-order valence-electron chi connectivity index (χ2n) is 11.1. The number of aromatic nitrogens is 1. The van der Waals surface area contributed by atoms with Crippen LogP contribution in [0.2, 0.25) is 0 Å². The number of benzene rings is 1. The Hall–Kier alpha value is -2.73. The zero-order valence-electron chi connectivity index (χ0n) is 20.4.